The highest BCUT2D eigenvalue weighted by atomic mass is 19.1. The van der Waals surface area contributed by atoms with Gasteiger partial charge >= 0.3 is 0 Å². The number of imidazole rings is 1. The smallest absolute Gasteiger partial charge is 0.244 e. The van der Waals surface area contributed by atoms with Crippen molar-refractivity contribution in [3.63, 3.8) is 0 Å². The van der Waals surface area contributed by atoms with Gasteiger partial charge in [0.1, 0.15) is 17.7 Å². The van der Waals surface area contributed by atoms with Crippen molar-refractivity contribution in [1.29, 1.82) is 0 Å². The van der Waals surface area contributed by atoms with Crippen LogP contribution in [0.3, 0.4) is 0 Å². The second-order valence-corrected chi connectivity index (χ2v) is 7.80. The molecule has 0 aliphatic carbocycles. The zero-order chi connectivity index (χ0) is 19.6. The molecule has 0 radical (unpaired) electrons. The van der Waals surface area contributed by atoms with E-state index in [1.807, 2.05) is 36.3 Å². The molecule has 1 aliphatic rings. The molecule has 6 heteroatoms. The Bertz CT molecular complexity index is 761. The Morgan fingerprint density at radius 2 is 1.81 bits per heavy atom. The molecule has 2 aromatic rings. The Morgan fingerprint density at radius 3 is 2.37 bits per heavy atom. The number of hydrogen-bond donors (Lipinski definition) is 0. The van der Waals surface area contributed by atoms with Crippen LogP contribution in [-0.2, 0) is 4.79 Å². The number of nitrogens with zero attached hydrogens (tertiary/aromatic N) is 4. The van der Waals surface area contributed by atoms with E-state index in [-0.39, 0.29) is 17.8 Å². The number of piperidine rings is 1. The highest BCUT2D eigenvalue weighted by Crippen LogP contribution is 2.30. The molecule has 1 fully saturated rings. The Morgan fingerprint density at radius 1 is 1.19 bits per heavy atom. The van der Waals surface area contributed by atoms with E-state index in [1.54, 1.807) is 12.1 Å². The van der Waals surface area contributed by atoms with E-state index in [9.17, 15) is 9.18 Å². The Hall–Kier alpha value is -2.21. The van der Waals surface area contributed by atoms with Crippen molar-refractivity contribution >= 4 is 5.91 Å². The number of rotatable bonds is 5. The molecule has 5 nitrogen and oxygen atoms in total. The van der Waals surface area contributed by atoms with Crippen molar-refractivity contribution in [2.24, 2.45) is 0 Å². The first-order valence-corrected chi connectivity index (χ1v) is 9.62. The minimum Gasteiger partial charge on any atom is -0.341 e. The molecule has 3 rings (SSSR count). The predicted octanol–water partition coefficient (Wildman–Crippen LogP) is 3.61. The lowest BCUT2D eigenvalue weighted by atomic mass is 9.94. The quantitative estimate of drug-likeness (QED) is 0.805. The van der Waals surface area contributed by atoms with Crippen LogP contribution in [0.5, 0.6) is 0 Å². The molecule has 1 atom stereocenters. The largest absolute Gasteiger partial charge is 0.341 e. The SMILES string of the molecule is CC(C)n1ccnc1C1CCN(C(=O)C(c2ccc(F)cc2)N(C)C)CC1. The van der Waals surface area contributed by atoms with E-state index in [1.165, 1.54) is 12.1 Å². The summed E-state index contributed by atoms with van der Waals surface area (Å²) in [6, 6.07) is 6.22. The molecule has 0 N–H and O–H groups in total. The number of carbonyl (C=O) groups excluding carboxylic acids is 1. The van der Waals surface area contributed by atoms with Gasteiger partial charge in [0.15, 0.2) is 0 Å². The summed E-state index contributed by atoms with van der Waals surface area (Å²) in [5.41, 5.74) is 0.823. The maximum Gasteiger partial charge on any atom is 0.244 e. The Labute approximate surface area is 160 Å². The molecule has 0 spiro atoms. The number of halogens is 1. The molecule has 0 bridgehead atoms. The second-order valence-electron chi connectivity index (χ2n) is 7.80. The molecule has 146 valence electrons. The van der Waals surface area contributed by atoms with Gasteiger partial charge in [0, 0.05) is 37.4 Å². The van der Waals surface area contributed by atoms with Gasteiger partial charge in [0.2, 0.25) is 5.91 Å². The third-order valence-electron chi connectivity index (χ3n) is 5.36. The summed E-state index contributed by atoms with van der Waals surface area (Å²) < 4.78 is 15.5. The lowest BCUT2D eigenvalue weighted by molar-refractivity contribution is -0.137. The number of likely N-dealkylation sites (N-methyl/N-ethyl adjacent to an activating group) is 1. The van der Waals surface area contributed by atoms with Crippen LogP contribution in [0.2, 0.25) is 0 Å². The molecule has 1 aliphatic heterocycles. The normalized spacial score (nSPS) is 16.9. The van der Waals surface area contributed by atoms with Crippen LogP contribution in [0.15, 0.2) is 36.7 Å². The molecule has 1 amide bonds. The van der Waals surface area contributed by atoms with Crippen molar-refractivity contribution in [3.8, 4) is 0 Å². The van der Waals surface area contributed by atoms with E-state index in [4.69, 9.17) is 0 Å². The van der Waals surface area contributed by atoms with Crippen molar-refractivity contribution < 1.29 is 9.18 Å². The molecule has 1 saturated heterocycles. The number of amides is 1. The topological polar surface area (TPSA) is 41.4 Å². The third kappa shape index (κ3) is 4.21. The van der Waals surface area contributed by atoms with E-state index in [2.05, 4.69) is 23.4 Å². The molecular formula is C21H29FN4O. The van der Waals surface area contributed by atoms with Crippen molar-refractivity contribution in [2.75, 3.05) is 27.2 Å². The average Bonchev–Trinajstić information content (AvgIpc) is 3.13. The first kappa shape index (κ1) is 19.5. The number of carbonyl (C=O) groups is 1. The maximum absolute atomic E-state index is 13.3. The fourth-order valence-corrected chi connectivity index (χ4v) is 3.92. The van der Waals surface area contributed by atoms with Crippen LogP contribution in [0, 0.1) is 5.82 Å². The first-order chi connectivity index (χ1) is 12.9. The summed E-state index contributed by atoms with van der Waals surface area (Å²) in [5.74, 6) is 1.30. The van der Waals surface area contributed by atoms with Gasteiger partial charge in [-0.2, -0.15) is 0 Å². The lowest BCUT2D eigenvalue weighted by Crippen LogP contribution is -2.44. The second kappa shape index (κ2) is 8.21. The van der Waals surface area contributed by atoms with E-state index < -0.39 is 0 Å². The summed E-state index contributed by atoms with van der Waals surface area (Å²) >= 11 is 0. The maximum atomic E-state index is 13.3. The number of aromatic nitrogens is 2. The molecular weight excluding hydrogens is 343 g/mol. The van der Waals surface area contributed by atoms with Crippen LogP contribution in [0.25, 0.3) is 0 Å². The van der Waals surface area contributed by atoms with Gasteiger partial charge < -0.3 is 9.47 Å². The van der Waals surface area contributed by atoms with Crippen molar-refractivity contribution in [2.45, 2.75) is 44.7 Å². The first-order valence-electron chi connectivity index (χ1n) is 9.62. The minimum absolute atomic E-state index is 0.0808. The molecule has 1 aromatic carbocycles. The standard InChI is InChI=1S/C21H29FN4O/c1-15(2)26-14-11-23-20(26)17-9-12-25(13-10-17)21(27)19(24(3)4)16-5-7-18(22)8-6-16/h5-8,11,14-15,17,19H,9-10,12-13H2,1-4H3. The Kier molecular flexibility index (Phi) is 5.95. The number of benzene rings is 1. The fraction of sp³-hybridized carbons (Fsp3) is 0.524. The summed E-state index contributed by atoms with van der Waals surface area (Å²) in [4.78, 5) is 21.6. The van der Waals surface area contributed by atoms with Gasteiger partial charge in [-0.05, 0) is 58.5 Å². The van der Waals surface area contributed by atoms with Gasteiger partial charge in [-0.3, -0.25) is 9.69 Å². The lowest BCUT2D eigenvalue weighted by Gasteiger charge is -2.36. The number of likely N-dealkylation sites (tertiary alicyclic amines) is 1. The average molecular weight is 372 g/mol. The molecule has 1 aromatic heterocycles. The van der Waals surface area contributed by atoms with E-state index >= 15 is 0 Å². The van der Waals surface area contributed by atoms with Crippen LogP contribution >= 0.6 is 0 Å². The van der Waals surface area contributed by atoms with Gasteiger partial charge in [0.25, 0.3) is 0 Å². The van der Waals surface area contributed by atoms with Crippen LogP contribution < -0.4 is 0 Å². The van der Waals surface area contributed by atoms with Gasteiger partial charge in [-0.15, -0.1) is 0 Å². The molecule has 0 saturated carbocycles. The van der Waals surface area contributed by atoms with Crippen LogP contribution in [0.1, 0.15) is 56.1 Å². The molecule has 27 heavy (non-hydrogen) atoms. The van der Waals surface area contributed by atoms with Crippen molar-refractivity contribution in [3.05, 3.63) is 53.9 Å². The minimum atomic E-state index is -0.389. The summed E-state index contributed by atoms with van der Waals surface area (Å²) in [6.45, 7) is 5.77. The van der Waals surface area contributed by atoms with E-state index in [0.29, 0.717) is 12.0 Å². The van der Waals surface area contributed by atoms with Crippen molar-refractivity contribution in [1.82, 2.24) is 19.4 Å². The zero-order valence-corrected chi connectivity index (χ0v) is 16.6. The predicted molar refractivity (Wildman–Crippen MR) is 104 cm³/mol. The van der Waals surface area contributed by atoms with Crippen LogP contribution in [0.4, 0.5) is 4.39 Å². The van der Waals surface area contributed by atoms with Gasteiger partial charge in [-0.25, -0.2) is 9.37 Å². The van der Waals surface area contributed by atoms with E-state index in [0.717, 1.165) is 37.3 Å². The fourth-order valence-electron chi connectivity index (χ4n) is 3.92. The van der Waals surface area contributed by atoms with Gasteiger partial charge in [0.05, 0.1) is 0 Å². The number of hydrogen-bond acceptors (Lipinski definition) is 3. The van der Waals surface area contributed by atoms with Gasteiger partial charge in [-0.1, -0.05) is 12.1 Å². The molecule has 2 heterocycles. The molecule has 1 unspecified atom stereocenters. The Balaban J connectivity index is 1.69. The highest BCUT2D eigenvalue weighted by Gasteiger charge is 2.32. The summed E-state index contributed by atoms with van der Waals surface area (Å²) in [6.07, 6.45) is 5.73. The monoisotopic (exact) mass is 372 g/mol. The summed E-state index contributed by atoms with van der Waals surface area (Å²) in [7, 11) is 3.77. The van der Waals surface area contributed by atoms with Crippen LogP contribution in [-0.4, -0.2) is 52.4 Å². The zero-order valence-electron chi connectivity index (χ0n) is 16.6. The third-order valence-corrected chi connectivity index (χ3v) is 5.36. The summed E-state index contributed by atoms with van der Waals surface area (Å²) in [5, 5.41) is 0. The highest BCUT2D eigenvalue weighted by molar-refractivity contribution is 5.83.